The average molecular weight is 302 g/mol. The molecule has 0 saturated heterocycles. The van der Waals surface area contributed by atoms with Gasteiger partial charge < -0.3 is 4.74 Å². The van der Waals surface area contributed by atoms with Gasteiger partial charge in [0.15, 0.2) is 0 Å². The van der Waals surface area contributed by atoms with Crippen LogP contribution in [0.2, 0.25) is 5.02 Å². The molecule has 0 fully saturated rings. The first-order chi connectivity index (χ1) is 10.1. The van der Waals surface area contributed by atoms with Crippen molar-refractivity contribution in [3.63, 3.8) is 0 Å². The first kappa shape index (κ1) is 15.6. The molecule has 0 unspecified atom stereocenters. The van der Waals surface area contributed by atoms with Crippen LogP contribution in [0.3, 0.4) is 0 Å². The van der Waals surface area contributed by atoms with E-state index in [1.807, 2.05) is 30.5 Å². The fourth-order valence-corrected chi connectivity index (χ4v) is 2.12. The number of rotatable bonds is 5. The van der Waals surface area contributed by atoms with Crippen molar-refractivity contribution in [2.24, 2.45) is 4.99 Å². The van der Waals surface area contributed by atoms with E-state index in [0.29, 0.717) is 11.6 Å². The van der Waals surface area contributed by atoms with Crippen molar-refractivity contribution in [3.8, 4) is 5.75 Å². The molecule has 0 heterocycles. The van der Waals surface area contributed by atoms with Gasteiger partial charge in [-0.3, -0.25) is 4.99 Å². The molecule has 0 spiro atoms. The van der Waals surface area contributed by atoms with E-state index in [0.717, 1.165) is 23.4 Å². The summed E-state index contributed by atoms with van der Waals surface area (Å²) in [5.74, 6) is 0.724. The summed E-state index contributed by atoms with van der Waals surface area (Å²) in [4.78, 5) is 4.49. The SMILES string of the molecule is CCCOc1ccc(C=Nc2ccc(C)c(C)c2)cc1Cl. The lowest BCUT2D eigenvalue weighted by atomic mass is 10.1. The summed E-state index contributed by atoms with van der Waals surface area (Å²) in [7, 11) is 0. The zero-order valence-corrected chi connectivity index (χ0v) is 13.4. The van der Waals surface area contributed by atoms with E-state index in [-0.39, 0.29) is 0 Å². The van der Waals surface area contributed by atoms with E-state index in [4.69, 9.17) is 16.3 Å². The number of hydrogen-bond donors (Lipinski definition) is 0. The van der Waals surface area contributed by atoms with Crippen LogP contribution in [0.25, 0.3) is 0 Å². The normalized spacial score (nSPS) is 11.0. The Hall–Kier alpha value is -1.80. The largest absolute Gasteiger partial charge is 0.492 e. The van der Waals surface area contributed by atoms with Gasteiger partial charge in [0.05, 0.1) is 17.3 Å². The summed E-state index contributed by atoms with van der Waals surface area (Å²) >= 11 is 6.21. The standard InChI is InChI=1S/C18H20ClNO/c1-4-9-21-18-8-6-15(11-17(18)19)12-20-16-7-5-13(2)14(3)10-16/h5-8,10-12H,4,9H2,1-3H3. The molecule has 0 radical (unpaired) electrons. The second-order valence-corrected chi connectivity index (χ2v) is 5.47. The predicted molar refractivity (Wildman–Crippen MR) is 90.4 cm³/mol. The Morgan fingerprint density at radius 1 is 1.10 bits per heavy atom. The Labute approximate surface area is 131 Å². The van der Waals surface area contributed by atoms with Crippen LogP contribution in [0, 0.1) is 13.8 Å². The Balaban J connectivity index is 2.13. The van der Waals surface area contributed by atoms with Gasteiger partial charge in [-0.25, -0.2) is 0 Å². The highest BCUT2D eigenvalue weighted by Crippen LogP contribution is 2.25. The number of nitrogens with zero attached hydrogens (tertiary/aromatic N) is 1. The minimum absolute atomic E-state index is 0.618. The molecule has 0 atom stereocenters. The van der Waals surface area contributed by atoms with Gasteiger partial charge in [-0.1, -0.05) is 24.6 Å². The van der Waals surface area contributed by atoms with E-state index in [1.165, 1.54) is 11.1 Å². The second-order valence-electron chi connectivity index (χ2n) is 5.07. The van der Waals surface area contributed by atoms with Crippen molar-refractivity contribution in [2.45, 2.75) is 27.2 Å². The molecular weight excluding hydrogens is 282 g/mol. The van der Waals surface area contributed by atoms with E-state index < -0.39 is 0 Å². The van der Waals surface area contributed by atoms with Gasteiger partial charge in [0.2, 0.25) is 0 Å². The number of aryl methyl sites for hydroxylation is 2. The van der Waals surface area contributed by atoms with Crippen molar-refractivity contribution in [1.82, 2.24) is 0 Å². The Morgan fingerprint density at radius 3 is 2.57 bits per heavy atom. The van der Waals surface area contributed by atoms with Crippen LogP contribution in [-0.4, -0.2) is 12.8 Å². The van der Waals surface area contributed by atoms with Crippen LogP contribution in [0.1, 0.15) is 30.0 Å². The van der Waals surface area contributed by atoms with Crippen LogP contribution in [0.15, 0.2) is 41.4 Å². The lowest BCUT2D eigenvalue weighted by Gasteiger charge is -2.07. The maximum absolute atomic E-state index is 6.21. The highest BCUT2D eigenvalue weighted by Gasteiger charge is 2.02. The number of benzene rings is 2. The molecule has 2 aromatic carbocycles. The fraction of sp³-hybridized carbons (Fsp3) is 0.278. The Bertz CT molecular complexity index is 650. The minimum Gasteiger partial charge on any atom is -0.492 e. The number of hydrogen-bond acceptors (Lipinski definition) is 2. The highest BCUT2D eigenvalue weighted by molar-refractivity contribution is 6.32. The van der Waals surface area contributed by atoms with Crippen molar-refractivity contribution in [2.75, 3.05) is 6.61 Å². The van der Waals surface area contributed by atoms with E-state index in [2.05, 4.69) is 37.9 Å². The maximum atomic E-state index is 6.21. The highest BCUT2D eigenvalue weighted by atomic mass is 35.5. The molecule has 0 aromatic heterocycles. The van der Waals surface area contributed by atoms with Crippen molar-refractivity contribution >= 4 is 23.5 Å². The maximum Gasteiger partial charge on any atom is 0.137 e. The third-order valence-electron chi connectivity index (χ3n) is 3.27. The number of halogens is 1. The summed E-state index contributed by atoms with van der Waals surface area (Å²) in [5, 5.41) is 0.618. The molecule has 0 saturated carbocycles. The van der Waals surface area contributed by atoms with Crippen molar-refractivity contribution in [3.05, 3.63) is 58.1 Å². The summed E-state index contributed by atoms with van der Waals surface area (Å²) in [6.07, 6.45) is 2.78. The molecule has 0 N–H and O–H groups in total. The quantitative estimate of drug-likeness (QED) is 0.669. The molecule has 0 aliphatic heterocycles. The minimum atomic E-state index is 0.618. The van der Waals surface area contributed by atoms with Crippen LogP contribution >= 0.6 is 11.6 Å². The van der Waals surface area contributed by atoms with Crippen molar-refractivity contribution < 1.29 is 4.74 Å². The van der Waals surface area contributed by atoms with E-state index in [9.17, 15) is 0 Å². The molecule has 0 bridgehead atoms. The van der Waals surface area contributed by atoms with Crippen LogP contribution in [0.4, 0.5) is 5.69 Å². The Morgan fingerprint density at radius 2 is 1.90 bits per heavy atom. The van der Waals surface area contributed by atoms with Crippen LogP contribution < -0.4 is 4.74 Å². The zero-order valence-electron chi connectivity index (χ0n) is 12.7. The van der Waals surface area contributed by atoms with E-state index >= 15 is 0 Å². The third-order valence-corrected chi connectivity index (χ3v) is 3.57. The first-order valence-corrected chi connectivity index (χ1v) is 7.51. The third kappa shape index (κ3) is 4.33. The summed E-state index contributed by atoms with van der Waals surface area (Å²) < 4.78 is 5.56. The lowest BCUT2D eigenvalue weighted by molar-refractivity contribution is 0.317. The van der Waals surface area contributed by atoms with E-state index in [1.54, 1.807) is 0 Å². The van der Waals surface area contributed by atoms with Crippen LogP contribution in [-0.2, 0) is 0 Å². The molecule has 0 aliphatic rings. The fourth-order valence-electron chi connectivity index (χ4n) is 1.88. The second kappa shape index (κ2) is 7.28. The van der Waals surface area contributed by atoms with Crippen LogP contribution in [0.5, 0.6) is 5.75 Å². The average Bonchev–Trinajstić information content (AvgIpc) is 2.47. The summed E-state index contributed by atoms with van der Waals surface area (Å²) in [5.41, 5.74) is 4.42. The van der Waals surface area contributed by atoms with Crippen molar-refractivity contribution in [1.29, 1.82) is 0 Å². The van der Waals surface area contributed by atoms with Gasteiger partial charge in [-0.05, 0) is 67.3 Å². The Kier molecular flexibility index (Phi) is 5.40. The molecule has 2 nitrogen and oxygen atoms in total. The van der Waals surface area contributed by atoms with Gasteiger partial charge in [0.1, 0.15) is 5.75 Å². The molecule has 0 amide bonds. The molecule has 21 heavy (non-hydrogen) atoms. The van der Waals surface area contributed by atoms with Gasteiger partial charge in [0.25, 0.3) is 0 Å². The lowest BCUT2D eigenvalue weighted by Crippen LogP contribution is -1.96. The molecule has 110 valence electrons. The molecule has 0 aliphatic carbocycles. The summed E-state index contributed by atoms with van der Waals surface area (Å²) in [6, 6.07) is 11.9. The number of aliphatic imine (C=N–C) groups is 1. The topological polar surface area (TPSA) is 21.6 Å². The summed E-state index contributed by atoms with van der Waals surface area (Å²) in [6.45, 7) is 6.93. The molecule has 3 heteroatoms. The van der Waals surface area contributed by atoms with Gasteiger partial charge in [-0.2, -0.15) is 0 Å². The predicted octanol–water partition coefficient (Wildman–Crippen LogP) is 5.50. The molecular formula is C18H20ClNO. The zero-order chi connectivity index (χ0) is 15.2. The smallest absolute Gasteiger partial charge is 0.137 e. The van der Waals surface area contributed by atoms with Gasteiger partial charge in [0, 0.05) is 6.21 Å². The molecule has 2 aromatic rings. The number of ether oxygens (including phenoxy) is 1. The monoisotopic (exact) mass is 301 g/mol. The van der Waals surface area contributed by atoms with Gasteiger partial charge in [-0.15, -0.1) is 0 Å². The van der Waals surface area contributed by atoms with Gasteiger partial charge >= 0.3 is 0 Å². The first-order valence-electron chi connectivity index (χ1n) is 7.14. The molecule has 2 rings (SSSR count).